The molecule has 5 nitrogen and oxygen atoms in total. The van der Waals surface area contributed by atoms with Crippen molar-refractivity contribution < 1.29 is 9.90 Å². The zero-order chi connectivity index (χ0) is 9.68. The fourth-order valence-corrected chi connectivity index (χ4v) is 0.747. The Morgan fingerprint density at radius 2 is 2.46 bits per heavy atom. The summed E-state index contributed by atoms with van der Waals surface area (Å²) in [6, 6.07) is 0. The smallest absolute Gasteiger partial charge is 0.271 e. The lowest BCUT2D eigenvalue weighted by Crippen LogP contribution is -2.31. The normalized spacial score (nSPS) is 12.2. The molecule has 2 N–H and O–H groups in total. The number of hydrogen-bond donors (Lipinski definition) is 2. The van der Waals surface area contributed by atoms with Crippen LogP contribution in [0.15, 0.2) is 18.6 Å². The molecule has 0 radical (unpaired) electrons. The van der Waals surface area contributed by atoms with Gasteiger partial charge in [0.15, 0.2) is 0 Å². The molecule has 0 aliphatic rings. The third kappa shape index (κ3) is 3.16. The van der Waals surface area contributed by atoms with Gasteiger partial charge in [0.05, 0.1) is 12.3 Å². The Balaban J connectivity index is 2.50. The largest absolute Gasteiger partial charge is 0.392 e. The summed E-state index contributed by atoms with van der Waals surface area (Å²) in [7, 11) is 0. The maximum absolute atomic E-state index is 11.2. The minimum Gasteiger partial charge on any atom is -0.392 e. The van der Waals surface area contributed by atoms with Gasteiger partial charge in [0.1, 0.15) is 5.69 Å². The average Bonchev–Trinajstić information content (AvgIpc) is 2.15. The molecular formula is C8H11N3O2. The standard InChI is InChI=1S/C8H11N3O2/c1-6(12)4-11-8(13)7-5-9-2-3-10-7/h2-3,5-6,12H,4H2,1H3,(H,11,13)/t6-/m0/s1. The number of aromatic nitrogens is 2. The first-order chi connectivity index (χ1) is 6.20. The van der Waals surface area contributed by atoms with Crippen molar-refractivity contribution in [1.29, 1.82) is 0 Å². The Kier molecular flexibility index (Phi) is 3.33. The summed E-state index contributed by atoms with van der Waals surface area (Å²) in [6.07, 6.45) is 3.75. The van der Waals surface area contributed by atoms with Gasteiger partial charge in [-0.2, -0.15) is 0 Å². The molecule has 1 rings (SSSR count). The second-order valence-electron chi connectivity index (χ2n) is 2.65. The molecule has 1 atom stereocenters. The number of amides is 1. The SMILES string of the molecule is C[C@H](O)CNC(=O)c1cnccn1. The summed E-state index contributed by atoms with van der Waals surface area (Å²) in [5.74, 6) is -0.325. The molecule has 0 unspecified atom stereocenters. The molecule has 0 saturated heterocycles. The molecule has 0 bridgehead atoms. The molecule has 5 heteroatoms. The lowest BCUT2D eigenvalue weighted by Gasteiger charge is -2.05. The Morgan fingerprint density at radius 3 is 3.00 bits per heavy atom. The van der Waals surface area contributed by atoms with Gasteiger partial charge in [-0.05, 0) is 6.92 Å². The molecular weight excluding hydrogens is 170 g/mol. The van der Waals surface area contributed by atoms with Crippen LogP contribution in [0, 0.1) is 0 Å². The fraction of sp³-hybridized carbons (Fsp3) is 0.375. The summed E-state index contributed by atoms with van der Waals surface area (Å²) in [5.41, 5.74) is 0.253. The zero-order valence-corrected chi connectivity index (χ0v) is 7.27. The van der Waals surface area contributed by atoms with Crippen molar-refractivity contribution >= 4 is 5.91 Å². The molecule has 70 valence electrons. The van der Waals surface area contributed by atoms with E-state index in [-0.39, 0.29) is 18.1 Å². The zero-order valence-electron chi connectivity index (χ0n) is 7.27. The number of carbonyl (C=O) groups excluding carboxylic acids is 1. The third-order valence-corrected chi connectivity index (χ3v) is 1.35. The first kappa shape index (κ1) is 9.60. The van der Waals surface area contributed by atoms with Crippen molar-refractivity contribution in [3.63, 3.8) is 0 Å². The highest BCUT2D eigenvalue weighted by Crippen LogP contribution is 1.89. The van der Waals surface area contributed by atoms with Crippen molar-refractivity contribution in [3.8, 4) is 0 Å². The maximum Gasteiger partial charge on any atom is 0.271 e. The van der Waals surface area contributed by atoms with E-state index in [9.17, 15) is 4.79 Å². The molecule has 1 aromatic heterocycles. The van der Waals surface area contributed by atoms with E-state index in [2.05, 4.69) is 15.3 Å². The van der Waals surface area contributed by atoms with E-state index in [0.29, 0.717) is 0 Å². The Morgan fingerprint density at radius 1 is 1.69 bits per heavy atom. The number of rotatable bonds is 3. The van der Waals surface area contributed by atoms with Gasteiger partial charge in [-0.3, -0.25) is 9.78 Å². The van der Waals surface area contributed by atoms with Crippen LogP contribution in [0.4, 0.5) is 0 Å². The van der Waals surface area contributed by atoms with Gasteiger partial charge in [0.25, 0.3) is 5.91 Å². The Bertz CT molecular complexity index is 274. The summed E-state index contributed by atoms with van der Waals surface area (Å²) >= 11 is 0. The number of nitrogens with zero attached hydrogens (tertiary/aromatic N) is 2. The predicted octanol–water partition coefficient (Wildman–Crippen LogP) is -0.413. The summed E-state index contributed by atoms with van der Waals surface area (Å²) in [4.78, 5) is 18.8. The number of aliphatic hydroxyl groups is 1. The highest BCUT2D eigenvalue weighted by atomic mass is 16.3. The number of hydrogen-bond acceptors (Lipinski definition) is 4. The van der Waals surface area contributed by atoms with Gasteiger partial charge < -0.3 is 10.4 Å². The second kappa shape index (κ2) is 4.51. The number of nitrogens with one attached hydrogen (secondary N) is 1. The van der Waals surface area contributed by atoms with Crippen molar-refractivity contribution in [3.05, 3.63) is 24.3 Å². The second-order valence-corrected chi connectivity index (χ2v) is 2.65. The molecule has 1 amide bonds. The van der Waals surface area contributed by atoms with E-state index in [1.807, 2.05) is 0 Å². The summed E-state index contributed by atoms with van der Waals surface area (Å²) < 4.78 is 0. The van der Waals surface area contributed by atoms with Crippen molar-refractivity contribution in [2.75, 3.05) is 6.54 Å². The minimum atomic E-state index is -0.555. The summed E-state index contributed by atoms with van der Waals surface area (Å²) in [6.45, 7) is 1.81. The van der Waals surface area contributed by atoms with Crippen LogP contribution >= 0.6 is 0 Å². The molecule has 0 aromatic carbocycles. The Hall–Kier alpha value is -1.49. The van der Waals surface area contributed by atoms with Gasteiger partial charge in [-0.25, -0.2) is 4.98 Å². The van der Waals surface area contributed by atoms with Crippen LogP contribution in [0.3, 0.4) is 0 Å². The molecule has 1 heterocycles. The van der Waals surface area contributed by atoms with E-state index in [4.69, 9.17) is 5.11 Å². The van der Waals surface area contributed by atoms with Gasteiger partial charge in [0, 0.05) is 18.9 Å². The highest BCUT2D eigenvalue weighted by Gasteiger charge is 2.06. The number of carbonyl (C=O) groups is 1. The van der Waals surface area contributed by atoms with E-state index < -0.39 is 6.10 Å². The molecule has 0 spiro atoms. The van der Waals surface area contributed by atoms with Crippen LogP contribution in [-0.2, 0) is 0 Å². The first-order valence-corrected chi connectivity index (χ1v) is 3.92. The minimum absolute atomic E-state index is 0.218. The van der Waals surface area contributed by atoms with E-state index in [1.165, 1.54) is 18.6 Å². The van der Waals surface area contributed by atoms with Crippen LogP contribution in [-0.4, -0.2) is 33.6 Å². The average molecular weight is 181 g/mol. The maximum atomic E-state index is 11.2. The molecule has 1 aromatic rings. The Labute approximate surface area is 75.8 Å². The molecule has 0 saturated carbocycles. The van der Waals surface area contributed by atoms with E-state index in [1.54, 1.807) is 6.92 Å². The molecule has 13 heavy (non-hydrogen) atoms. The topological polar surface area (TPSA) is 75.1 Å². The predicted molar refractivity (Wildman–Crippen MR) is 46.0 cm³/mol. The van der Waals surface area contributed by atoms with Crippen LogP contribution < -0.4 is 5.32 Å². The lowest BCUT2D eigenvalue weighted by molar-refractivity contribution is 0.0918. The number of aliphatic hydroxyl groups excluding tert-OH is 1. The quantitative estimate of drug-likeness (QED) is 0.664. The lowest BCUT2D eigenvalue weighted by atomic mass is 10.3. The summed E-state index contributed by atoms with van der Waals surface area (Å²) in [5, 5.41) is 11.4. The van der Waals surface area contributed by atoms with Crippen LogP contribution in [0.2, 0.25) is 0 Å². The van der Waals surface area contributed by atoms with Crippen LogP contribution in [0.25, 0.3) is 0 Å². The monoisotopic (exact) mass is 181 g/mol. The highest BCUT2D eigenvalue weighted by molar-refractivity contribution is 5.91. The van der Waals surface area contributed by atoms with E-state index >= 15 is 0 Å². The van der Waals surface area contributed by atoms with Gasteiger partial charge in [-0.1, -0.05) is 0 Å². The van der Waals surface area contributed by atoms with Crippen LogP contribution in [0.1, 0.15) is 17.4 Å². The fourth-order valence-electron chi connectivity index (χ4n) is 0.747. The molecule has 0 aliphatic carbocycles. The third-order valence-electron chi connectivity index (χ3n) is 1.35. The van der Waals surface area contributed by atoms with E-state index in [0.717, 1.165) is 0 Å². The molecule has 0 fully saturated rings. The first-order valence-electron chi connectivity index (χ1n) is 3.92. The van der Waals surface area contributed by atoms with Gasteiger partial charge in [-0.15, -0.1) is 0 Å². The van der Waals surface area contributed by atoms with Gasteiger partial charge >= 0.3 is 0 Å². The van der Waals surface area contributed by atoms with Crippen LogP contribution in [0.5, 0.6) is 0 Å². The van der Waals surface area contributed by atoms with Crippen molar-refractivity contribution in [2.24, 2.45) is 0 Å². The van der Waals surface area contributed by atoms with Gasteiger partial charge in [0.2, 0.25) is 0 Å². The van der Waals surface area contributed by atoms with Crippen molar-refractivity contribution in [2.45, 2.75) is 13.0 Å². The van der Waals surface area contributed by atoms with Crippen molar-refractivity contribution in [1.82, 2.24) is 15.3 Å². The molecule has 0 aliphatic heterocycles.